The largest absolute Gasteiger partial charge is 0.480 e. The van der Waals surface area contributed by atoms with Gasteiger partial charge in [0.2, 0.25) is 0 Å². The zero-order chi connectivity index (χ0) is 11.4. The Morgan fingerprint density at radius 1 is 1.67 bits per heavy atom. The lowest BCUT2D eigenvalue weighted by atomic mass is 10.3. The molecule has 0 fully saturated rings. The lowest BCUT2D eigenvalue weighted by Crippen LogP contribution is -2.23. The normalized spacial score (nSPS) is 10.6. The summed E-state index contributed by atoms with van der Waals surface area (Å²) in [5.74, 6) is -0.884. The molecule has 1 aromatic rings. The molecule has 0 aliphatic rings. The number of nitrogens with one attached hydrogen (secondary N) is 1. The highest BCUT2D eigenvalue weighted by Gasteiger charge is 2.11. The Labute approximate surface area is 93.0 Å². The molecule has 15 heavy (non-hydrogen) atoms. The molecule has 1 rings (SSSR count). The van der Waals surface area contributed by atoms with Crippen molar-refractivity contribution < 1.29 is 9.90 Å². The van der Waals surface area contributed by atoms with Crippen molar-refractivity contribution >= 4 is 17.6 Å². The maximum atomic E-state index is 10.3. The molecule has 0 aliphatic heterocycles. The molecule has 5 nitrogen and oxygen atoms in total. The van der Waals surface area contributed by atoms with Gasteiger partial charge in [0.15, 0.2) is 0 Å². The summed E-state index contributed by atoms with van der Waals surface area (Å²) in [5.41, 5.74) is 1.60. The van der Waals surface area contributed by atoms with Crippen molar-refractivity contribution in [2.75, 3.05) is 6.54 Å². The van der Waals surface area contributed by atoms with Crippen molar-refractivity contribution in [3.63, 3.8) is 0 Å². The van der Waals surface area contributed by atoms with Crippen LogP contribution in [0.5, 0.6) is 0 Å². The zero-order valence-corrected chi connectivity index (χ0v) is 9.51. The minimum absolute atomic E-state index is 0.0791. The maximum absolute atomic E-state index is 10.3. The van der Waals surface area contributed by atoms with E-state index in [1.807, 2.05) is 13.8 Å². The van der Waals surface area contributed by atoms with Crippen LogP contribution >= 0.6 is 11.6 Å². The van der Waals surface area contributed by atoms with Crippen molar-refractivity contribution in [2.24, 2.45) is 0 Å². The van der Waals surface area contributed by atoms with Gasteiger partial charge in [-0.1, -0.05) is 11.6 Å². The Morgan fingerprint density at radius 3 is 2.87 bits per heavy atom. The number of carboxylic acids is 1. The predicted molar refractivity (Wildman–Crippen MR) is 57.0 cm³/mol. The van der Waals surface area contributed by atoms with Gasteiger partial charge in [0, 0.05) is 13.1 Å². The van der Waals surface area contributed by atoms with E-state index in [1.165, 1.54) is 0 Å². The fraction of sp³-hybridized carbons (Fsp3) is 0.556. The lowest BCUT2D eigenvalue weighted by Gasteiger charge is -2.05. The third kappa shape index (κ3) is 2.94. The minimum atomic E-state index is -0.884. The van der Waals surface area contributed by atoms with Gasteiger partial charge in [-0.2, -0.15) is 5.10 Å². The number of halogens is 1. The van der Waals surface area contributed by atoms with E-state index in [-0.39, 0.29) is 6.54 Å². The quantitative estimate of drug-likeness (QED) is 0.795. The van der Waals surface area contributed by atoms with Crippen LogP contribution in [0.4, 0.5) is 0 Å². The van der Waals surface area contributed by atoms with E-state index in [2.05, 4.69) is 10.4 Å². The summed E-state index contributed by atoms with van der Waals surface area (Å²) in [6.07, 6.45) is 0. The van der Waals surface area contributed by atoms with Crippen molar-refractivity contribution in [1.82, 2.24) is 15.1 Å². The molecule has 0 saturated carbocycles. The highest BCUT2D eigenvalue weighted by molar-refractivity contribution is 6.31. The molecule has 1 heterocycles. The van der Waals surface area contributed by atoms with Crippen LogP contribution in [0.3, 0.4) is 0 Å². The van der Waals surface area contributed by atoms with Crippen molar-refractivity contribution in [1.29, 1.82) is 0 Å². The average Bonchev–Trinajstić information content (AvgIpc) is 2.44. The van der Waals surface area contributed by atoms with E-state index in [1.54, 1.807) is 4.68 Å². The Hall–Kier alpha value is -1.07. The number of nitrogens with zero attached hydrogens (tertiary/aromatic N) is 2. The van der Waals surface area contributed by atoms with Gasteiger partial charge in [0.25, 0.3) is 0 Å². The van der Waals surface area contributed by atoms with Gasteiger partial charge >= 0.3 is 5.97 Å². The number of hydrogen-bond acceptors (Lipinski definition) is 3. The Balaban J connectivity index is 2.70. The second kappa shape index (κ2) is 5.14. The van der Waals surface area contributed by atoms with E-state index in [0.29, 0.717) is 11.6 Å². The molecular weight excluding hydrogens is 218 g/mol. The molecule has 0 unspecified atom stereocenters. The molecule has 0 bridgehead atoms. The molecule has 2 N–H and O–H groups in total. The monoisotopic (exact) mass is 231 g/mol. The number of carboxylic acid groups (broad SMARTS) is 1. The molecule has 0 spiro atoms. The molecule has 0 radical (unpaired) electrons. The molecule has 0 atom stereocenters. The average molecular weight is 232 g/mol. The van der Waals surface area contributed by atoms with E-state index >= 15 is 0 Å². The van der Waals surface area contributed by atoms with Gasteiger partial charge in [0.1, 0.15) is 0 Å². The fourth-order valence-corrected chi connectivity index (χ4v) is 1.53. The smallest absolute Gasteiger partial charge is 0.317 e. The van der Waals surface area contributed by atoms with Crippen LogP contribution in [0.25, 0.3) is 0 Å². The first kappa shape index (κ1) is 12.0. The van der Waals surface area contributed by atoms with Crippen LogP contribution in [0, 0.1) is 6.92 Å². The van der Waals surface area contributed by atoms with Gasteiger partial charge in [-0.05, 0) is 13.8 Å². The van der Waals surface area contributed by atoms with E-state index in [9.17, 15) is 4.79 Å². The van der Waals surface area contributed by atoms with Crippen LogP contribution in [-0.2, 0) is 17.9 Å². The van der Waals surface area contributed by atoms with Crippen LogP contribution < -0.4 is 5.32 Å². The first-order valence-corrected chi connectivity index (χ1v) is 5.08. The maximum Gasteiger partial charge on any atom is 0.317 e. The number of aliphatic carboxylic acids is 1. The summed E-state index contributed by atoms with van der Waals surface area (Å²) in [4.78, 5) is 10.3. The summed E-state index contributed by atoms with van der Waals surface area (Å²) < 4.78 is 1.77. The lowest BCUT2D eigenvalue weighted by molar-refractivity contribution is -0.136. The van der Waals surface area contributed by atoms with E-state index < -0.39 is 5.97 Å². The van der Waals surface area contributed by atoms with Crippen molar-refractivity contribution in [3.8, 4) is 0 Å². The molecule has 0 aliphatic carbocycles. The highest BCUT2D eigenvalue weighted by Crippen LogP contribution is 2.19. The topological polar surface area (TPSA) is 67.2 Å². The van der Waals surface area contributed by atoms with Gasteiger partial charge in [0.05, 0.1) is 23.0 Å². The standard InChI is InChI=1S/C9H14ClN3O2/c1-3-13-7(4-11-5-8(14)15)9(10)6(2)12-13/h11H,3-5H2,1-2H3,(H,14,15). The first-order chi connectivity index (χ1) is 7.06. The van der Waals surface area contributed by atoms with Crippen LogP contribution in [-0.4, -0.2) is 27.4 Å². The summed E-state index contributed by atoms with van der Waals surface area (Å²) in [6, 6.07) is 0. The fourth-order valence-electron chi connectivity index (χ4n) is 1.33. The summed E-state index contributed by atoms with van der Waals surface area (Å²) in [6.45, 7) is 4.85. The second-order valence-corrected chi connectivity index (χ2v) is 3.54. The van der Waals surface area contributed by atoms with Gasteiger partial charge in [-0.15, -0.1) is 0 Å². The third-order valence-electron chi connectivity index (χ3n) is 2.02. The van der Waals surface area contributed by atoms with Gasteiger partial charge in [-0.25, -0.2) is 0 Å². The molecular formula is C9H14ClN3O2. The van der Waals surface area contributed by atoms with Crippen LogP contribution in [0.15, 0.2) is 0 Å². The number of hydrogen-bond donors (Lipinski definition) is 2. The molecule has 0 amide bonds. The summed E-state index contributed by atoms with van der Waals surface area (Å²) in [7, 11) is 0. The molecule has 84 valence electrons. The summed E-state index contributed by atoms with van der Waals surface area (Å²) >= 11 is 6.04. The summed E-state index contributed by atoms with van der Waals surface area (Å²) in [5, 5.41) is 16.1. The Bertz CT molecular complexity index is 362. The zero-order valence-electron chi connectivity index (χ0n) is 8.75. The molecule has 0 saturated heterocycles. The SMILES string of the molecule is CCn1nc(C)c(Cl)c1CNCC(=O)O. The minimum Gasteiger partial charge on any atom is -0.480 e. The van der Waals surface area contributed by atoms with Crippen molar-refractivity contribution in [3.05, 3.63) is 16.4 Å². The third-order valence-corrected chi connectivity index (χ3v) is 2.51. The number of rotatable bonds is 5. The molecule has 0 aromatic carbocycles. The highest BCUT2D eigenvalue weighted by atomic mass is 35.5. The molecule has 1 aromatic heterocycles. The Morgan fingerprint density at radius 2 is 2.33 bits per heavy atom. The number of carbonyl (C=O) groups is 1. The Kier molecular flexibility index (Phi) is 4.11. The van der Waals surface area contributed by atoms with Gasteiger partial charge in [-0.3, -0.25) is 9.48 Å². The predicted octanol–water partition coefficient (Wildman–Crippen LogP) is 1.04. The first-order valence-electron chi connectivity index (χ1n) is 4.70. The van der Waals surface area contributed by atoms with Crippen molar-refractivity contribution in [2.45, 2.75) is 26.9 Å². The second-order valence-electron chi connectivity index (χ2n) is 3.16. The van der Waals surface area contributed by atoms with Gasteiger partial charge < -0.3 is 10.4 Å². The number of aromatic nitrogens is 2. The van der Waals surface area contributed by atoms with Crippen LogP contribution in [0.1, 0.15) is 18.3 Å². The molecule has 6 heteroatoms. The van der Waals surface area contributed by atoms with Crippen LogP contribution in [0.2, 0.25) is 5.02 Å². The van der Waals surface area contributed by atoms with E-state index in [0.717, 1.165) is 17.9 Å². The van der Waals surface area contributed by atoms with E-state index in [4.69, 9.17) is 16.7 Å². The number of aryl methyl sites for hydroxylation is 2.